The first-order valence-corrected chi connectivity index (χ1v) is 8.94. The van der Waals surface area contributed by atoms with Crippen LogP contribution in [0.4, 0.5) is 0 Å². The molecule has 4 nitrogen and oxygen atoms in total. The topological polar surface area (TPSA) is 64.3 Å². The van der Waals surface area contributed by atoms with E-state index in [2.05, 4.69) is 21.2 Å². The summed E-state index contributed by atoms with van der Waals surface area (Å²) in [4.78, 5) is 12.3. The molecule has 3 N–H and O–H groups in total. The van der Waals surface area contributed by atoms with Gasteiger partial charge in [0.2, 0.25) is 0 Å². The van der Waals surface area contributed by atoms with Crippen LogP contribution in [0, 0.1) is 5.92 Å². The zero-order chi connectivity index (χ0) is 16.9. The van der Waals surface area contributed by atoms with Crippen LogP contribution < -0.4 is 15.8 Å². The van der Waals surface area contributed by atoms with Gasteiger partial charge in [0.1, 0.15) is 12.4 Å². The number of hydrogen-bond donors (Lipinski definition) is 2. The highest BCUT2D eigenvalue weighted by Crippen LogP contribution is 2.32. The first-order chi connectivity index (χ1) is 11.7. The molecule has 1 atom stereocenters. The van der Waals surface area contributed by atoms with E-state index in [4.69, 9.17) is 10.5 Å². The second-order valence-corrected chi connectivity index (χ2v) is 6.92. The van der Waals surface area contributed by atoms with E-state index < -0.39 is 0 Å². The third kappa shape index (κ3) is 5.46. The Morgan fingerprint density at radius 1 is 1.20 bits per heavy atom. The Hall–Kier alpha value is -1.56. The predicted molar refractivity (Wildman–Crippen MR) is 105 cm³/mol. The van der Waals surface area contributed by atoms with Gasteiger partial charge in [0, 0.05) is 18.2 Å². The van der Waals surface area contributed by atoms with Crippen LogP contribution in [0.5, 0.6) is 5.75 Å². The van der Waals surface area contributed by atoms with E-state index in [0.717, 1.165) is 28.6 Å². The highest BCUT2D eigenvalue weighted by atomic mass is 79.9. The minimum atomic E-state index is -0.0596. The van der Waals surface area contributed by atoms with Crippen LogP contribution in [0.1, 0.15) is 28.8 Å². The number of benzene rings is 2. The van der Waals surface area contributed by atoms with Crippen LogP contribution in [-0.4, -0.2) is 18.5 Å². The molecule has 1 unspecified atom stereocenters. The van der Waals surface area contributed by atoms with Gasteiger partial charge in [-0.3, -0.25) is 4.79 Å². The van der Waals surface area contributed by atoms with Crippen molar-refractivity contribution in [3.63, 3.8) is 0 Å². The molecular formula is C19H22BrClN2O2. The molecule has 0 heterocycles. The maximum atomic E-state index is 12.3. The molecule has 6 heteroatoms. The number of amides is 1. The lowest BCUT2D eigenvalue weighted by Gasteiger charge is -2.16. The molecule has 1 aliphatic carbocycles. The third-order valence-electron chi connectivity index (χ3n) is 4.21. The van der Waals surface area contributed by atoms with Crippen molar-refractivity contribution < 1.29 is 9.53 Å². The molecule has 134 valence electrons. The lowest BCUT2D eigenvalue weighted by atomic mass is 10.1. The number of nitrogens with one attached hydrogen (secondary N) is 1. The number of rotatable bonds is 7. The molecule has 1 amide bonds. The Morgan fingerprint density at radius 3 is 2.48 bits per heavy atom. The van der Waals surface area contributed by atoms with Crippen molar-refractivity contribution >= 4 is 34.2 Å². The fraction of sp³-hybridized carbons (Fsp3) is 0.316. The van der Waals surface area contributed by atoms with Crippen molar-refractivity contribution in [2.75, 3.05) is 6.54 Å². The minimum Gasteiger partial charge on any atom is -0.488 e. The van der Waals surface area contributed by atoms with E-state index in [0.29, 0.717) is 24.6 Å². The molecule has 1 fully saturated rings. The lowest BCUT2D eigenvalue weighted by Crippen LogP contribution is -2.41. The monoisotopic (exact) mass is 424 g/mol. The zero-order valence-corrected chi connectivity index (χ0v) is 16.2. The number of halogens is 2. The van der Waals surface area contributed by atoms with Gasteiger partial charge in [0.15, 0.2) is 0 Å². The van der Waals surface area contributed by atoms with E-state index in [9.17, 15) is 4.79 Å². The molecule has 0 bridgehead atoms. The Kier molecular flexibility index (Phi) is 7.29. The summed E-state index contributed by atoms with van der Waals surface area (Å²) in [7, 11) is 0. The van der Waals surface area contributed by atoms with E-state index in [1.807, 2.05) is 48.5 Å². The summed E-state index contributed by atoms with van der Waals surface area (Å²) in [6.07, 6.45) is 2.32. The van der Waals surface area contributed by atoms with Gasteiger partial charge in [-0.25, -0.2) is 0 Å². The normalized spacial score (nSPS) is 14.3. The molecular weight excluding hydrogens is 404 g/mol. The molecule has 2 aromatic carbocycles. The Labute approximate surface area is 162 Å². The van der Waals surface area contributed by atoms with Gasteiger partial charge in [-0.15, -0.1) is 12.4 Å². The standard InChI is InChI=1S/C19H21BrN2O2.ClH/c20-16-3-1-2-4-18(16)24-12-13-5-7-15(8-6-13)19(23)22-17(11-21)14-9-10-14;/h1-8,14,17H,9-12,21H2,(H,22,23);1H. The third-order valence-corrected chi connectivity index (χ3v) is 4.86. The van der Waals surface area contributed by atoms with Crippen LogP contribution in [0.2, 0.25) is 0 Å². The quantitative estimate of drug-likeness (QED) is 0.707. The molecule has 3 rings (SSSR count). The van der Waals surface area contributed by atoms with Crippen LogP contribution in [0.25, 0.3) is 0 Å². The number of carbonyl (C=O) groups excluding carboxylic acids is 1. The SMILES string of the molecule is Cl.NCC(NC(=O)c1ccc(COc2ccccc2Br)cc1)C1CC1. The van der Waals surface area contributed by atoms with E-state index >= 15 is 0 Å². The number of para-hydroxylation sites is 1. The van der Waals surface area contributed by atoms with Gasteiger partial charge in [-0.1, -0.05) is 24.3 Å². The summed E-state index contributed by atoms with van der Waals surface area (Å²) in [5.74, 6) is 1.29. The minimum absolute atomic E-state index is 0. The highest BCUT2D eigenvalue weighted by Gasteiger charge is 2.31. The second-order valence-electron chi connectivity index (χ2n) is 6.07. The van der Waals surface area contributed by atoms with Crippen molar-refractivity contribution in [3.05, 3.63) is 64.1 Å². The summed E-state index contributed by atoms with van der Waals surface area (Å²) in [5, 5.41) is 3.03. The van der Waals surface area contributed by atoms with Gasteiger partial charge < -0.3 is 15.8 Å². The van der Waals surface area contributed by atoms with Gasteiger partial charge >= 0.3 is 0 Å². The maximum Gasteiger partial charge on any atom is 0.251 e. The fourth-order valence-corrected chi connectivity index (χ4v) is 2.99. The number of ether oxygens (including phenoxy) is 1. The first-order valence-electron chi connectivity index (χ1n) is 8.14. The number of hydrogen-bond acceptors (Lipinski definition) is 3. The number of carbonyl (C=O) groups is 1. The second kappa shape index (κ2) is 9.22. The maximum absolute atomic E-state index is 12.3. The number of nitrogens with two attached hydrogens (primary N) is 1. The smallest absolute Gasteiger partial charge is 0.251 e. The summed E-state index contributed by atoms with van der Waals surface area (Å²) >= 11 is 3.46. The highest BCUT2D eigenvalue weighted by molar-refractivity contribution is 9.10. The Bertz CT molecular complexity index is 705. The molecule has 2 aromatic rings. The lowest BCUT2D eigenvalue weighted by molar-refractivity contribution is 0.0933. The van der Waals surface area contributed by atoms with Crippen LogP contribution in [0.15, 0.2) is 53.0 Å². The molecule has 0 saturated heterocycles. The molecule has 0 aliphatic heterocycles. The van der Waals surface area contributed by atoms with Gasteiger partial charge in [-0.05, 0) is 64.5 Å². The Balaban J connectivity index is 0.00000225. The molecule has 1 aliphatic rings. The van der Waals surface area contributed by atoms with Gasteiger partial charge in [0.25, 0.3) is 5.91 Å². The molecule has 25 heavy (non-hydrogen) atoms. The summed E-state index contributed by atoms with van der Waals surface area (Å²) < 4.78 is 6.71. The molecule has 0 spiro atoms. The van der Waals surface area contributed by atoms with Crippen LogP contribution in [0.3, 0.4) is 0 Å². The summed E-state index contributed by atoms with van der Waals surface area (Å²) in [5.41, 5.74) is 7.40. The van der Waals surface area contributed by atoms with E-state index in [-0.39, 0.29) is 24.4 Å². The molecule has 0 radical (unpaired) electrons. The van der Waals surface area contributed by atoms with Crippen LogP contribution in [-0.2, 0) is 6.61 Å². The van der Waals surface area contributed by atoms with Crippen LogP contribution >= 0.6 is 28.3 Å². The van der Waals surface area contributed by atoms with Crippen molar-refractivity contribution in [3.8, 4) is 5.75 Å². The summed E-state index contributed by atoms with van der Waals surface area (Å²) in [6.45, 7) is 0.951. The largest absolute Gasteiger partial charge is 0.488 e. The fourth-order valence-electron chi connectivity index (χ4n) is 2.59. The average molecular weight is 426 g/mol. The molecule has 1 saturated carbocycles. The Morgan fingerprint density at radius 2 is 1.88 bits per heavy atom. The predicted octanol–water partition coefficient (Wildman–Crippen LogP) is 3.92. The van der Waals surface area contributed by atoms with Gasteiger partial charge in [0.05, 0.1) is 4.47 Å². The van der Waals surface area contributed by atoms with Gasteiger partial charge in [-0.2, -0.15) is 0 Å². The summed E-state index contributed by atoms with van der Waals surface area (Å²) in [6, 6.07) is 15.3. The molecule has 0 aromatic heterocycles. The average Bonchev–Trinajstić information content (AvgIpc) is 3.44. The van der Waals surface area contributed by atoms with Crippen molar-refractivity contribution in [1.29, 1.82) is 0 Å². The van der Waals surface area contributed by atoms with Crippen molar-refractivity contribution in [2.24, 2.45) is 11.7 Å². The van der Waals surface area contributed by atoms with E-state index in [1.165, 1.54) is 0 Å². The van der Waals surface area contributed by atoms with Crippen molar-refractivity contribution in [1.82, 2.24) is 5.32 Å². The zero-order valence-electron chi connectivity index (χ0n) is 13.8. The van der Waals surface area contributed by atoms with Crippen molar-refractivity contribution in [2.45, 2.75) is 25.5 Å². The first kappa shape index (κ1) is 19.8. The van der Waals surface area contributed by atoms with E-state index in [1.54, 1.807) is 0 Å².